The summed E-state index contributed by atoms with van der Waals surface area (Å²) in [5.41, 5.74) is 6.04. The maximum atomic E-state index is 14.4. The van der Waals surface area contributed by atoms with Crippen LogP contribution in [-0.4, -0.2) is 0 Å². The average molecular weight is 1030 g/mol. The molecule has 3 aromatic rings. The van der Waals surface area contributed by atoms with Crippen LogP contribution in [0.2, 0.25) is 0 Å². The van der Waals surface area contributed by atoms with E-state index < -0.39 is 0 Å². The van der Waals surface area contributed by atoms with E-state index in [9.17, 15) is 4.39 Å². The van der Waals surface area contributed by atoms with E-state index in [2.05, 4.69) is 123 Å². The fraction of sp³-hybridized carbons (Fsp3) is 0.250. The van der Waals surface area contributed by atoms with Crippen LogP contribution >= 0.6 is 166 Å². The van der Waals surface area contributed by atoms with E-state index in [0.29, 0.717) is 16.9 Å². The van der Waals surface area contributed by atoms with Crippen LogP contribution in [0.4, 0.5) is 4.39 Å². The van der Waals surface area contributed by atoms with Crippen molar-refractivity contribution in [1.29, 1.82) is 0 Å². The van der Waals surface area contributed by atoms with Gasteiger partial charge in [0.2, 0.25) is 0 Å². The van der Waals surface area contributed by atoms with Crippen molar-refractivity contribution in [2.45, 2.75) is 68.9 Å². The second-order valence-electron chi connectivity index (χ2n) is 8.06. The molecule has 0 aliphatic heterocycles. The molecule has 0 fully saturated rings. The molecule has 35 heavy (non-hydrogen) atoms. The molecule has 0 saturated carbocycles. The van der Waals surface area contributed by atoms with Gasteiger partial charge in [0.05, 0.1) is 0 Å². The Balaban J connectivity index is 1.93. The Morgan fingerprint density at radius 2 is 0.943 bits per heavy atom. The van der Waals surface area contributed by atoms with Crippen LogP contribution in [-0.2, 0) is 25.7 Å². The lowest BCUT2D eigenvalue weighted by molar-refractivity contribution is 0.584. The van der Waals surface area contributed by atoms with Gasteiger partial charge in [-0.05, 0) is 169 Å². The monoisotopic (exact) mass is 1030 g/mol. The Hall–Kier alpha value is 2.61. The van der Waals surface area contributed by atoms with Crippen LogP contribution in [0, 0.1) is 33.9 Å². The van der Waals surface area contributed by atoms with Gasteiger partial charge >= 0.3 is 0 Å². The first kappa shape index (κ1) is 32.1. The van der Waals surface area contributed by atoms with E-state index >= 15 is 0 Å². The predicted octanol–water partition coefficient (Wildman–Crippen LogP) is 10.2. The van der Waals surface area contributed by atoms with Gasteiger partial charge in [0, 0.05) is 43.7 Å². The van der Waals surface area contributed by atoms with E-state index in [1.165, 1.54) is 18.3 Å². The third-order valence-corrected chi connectivity index (χ3v) is 15.4. The SMILES string of the molecule is Cc1cc(S)c(CCc2c(I)c(S)c(CCc3c(I)c(S)c(C)c(S)c3I)c(S)c2I)c(S)c1F. The molecule has 0 heterocycles. The highest BCUT2D eigenvalue weighted by atomic mass is 127. The molecule has 0 spiro atoms. The van der Waals surface area contributed by atoms with Crippen molar-refractivity contribution >= 4 is 166 Å². The molecule has 0 nitrogen and oxygen atoms in total. The lowest BCUT2D eigenvalue weighted by atomic mass is 9.99. The van der Waals surface area contributed by atoms with Crippen molar-refractivity contribution in [1.82, 2.24) is 0 Å². The molecule has 0 aliphatic carbocycles. The predicted molar refractivity (Wildman–Crippen MR) is 198 cm³/mol. The lowest BCUT2D eigenvalue weighted by Crippen LogP contribution is -2.07. The summed E-state index contributed by atoms with van der Waals surface area (Å²) in [5, 5.41) is 0. The minimum absolute atomic E-state index is 0.278. The zero-order chi connectivity index (χ0) is 26.4. The highest BCUT2D eigenvalue weighted by molar-refractivity contribution is 14.1. The van der Waals surface area contributed by atoms with E-state index in [1.807, 2.05) is 0 Å². The van der Waals surface area contributed by atoms with Gasteiger partial charge in [0.25, 0.3) is 0 Å². The first-order chi connectivity index (χ1) is 16.3. The number of benzene rings is 3. The van der Waals surface area contributed by atoms with Crippen LogP contribution in [0.3, 0.4) is 0 Å². The molecule has 188 valence electrons. The van der Waals surface area contributed by atoms with Crippen molar-refractivity contribution in [2.75, 3.05) is 0 Å². The molecular weight excluding hydrogens is 1010 g/mol. The van der Waals surface area contributed by atoms with Crippen molar-refractivity contribution in [3.05, 3.63) is 59.5 Å². The van der Waals surface area contributed by atoms with Crippen molar-refractivity contribution in [3.8, 4) is 0 Å². The molecular formula is C24H21FI4S6. The van der Waals surface area contributed by atoms with Crippen LogP contribution in [0.15, 0.2) is 35.4 Å². The Kier molecular flexibility index (Phi) is 12.4. The second-order valence-corrected chi connectivity index (χ2v) is 15.1. The quantitative estimate of drug-likeness (QED) is 0.103. The third-order valence-electron chi connectivity index (χ3n) is 5.93. The van der Waals surface area contributed by atoms with Crippen LogP contribution in [0.25, 0.3) is 0 Å². The molecule has 0 aromatic heterocycles. The smallest absolute Gasteiger partial charge is 0.139 e. The van der Waals surface area contributed by atoms with Crippen LogP contribution in [0.1, 0.15) is 33.4 Å². The maximum Gasteiger partial charge on any atom is 0.139 e. The molecule has 3 rings (SSSR count). The fourth-order valence-corrected chi connectivity index (χ4v) is 10.8. The van der Waals surface area contributed by atoms with Gasteiger partial charge in [0.1, 0.15) is 5.82 Å². The maximum absolute atomic E-state index is 14.4. The number of hydrogen-bond acceptors (Lipinski definition) is 6. The number of aryl methyl sites for hydroxylation is 1. The van der Waals surface area contributed by atoms with Crippen molar-refractivity contribution < 1.29 is 4.39 Å². The topological polar surface area (TPSA) is 0 Å². The minimum Gasteiger partial charge on any atom is -0.205 e. The molecule has 0 amide bonds. The Morgan fingerprint density at radius 3 is 1.40 bits per heavy atom. The first-order valence-electron chi connectivity index (χ1n) is 10.3. The summed E-state index contributed by atoms with van der Waals surface area (Å²) in [7, 11) is 0. The van der Waals surface area contributed by atoms with Gasteiger partial charge in [-0.25, -0.2) is 4.39 Å². The molecule has 0 aliphatic rings. The summed E-state index contributed by atoms with van der Waals surface area (Å²) in [6, 6.07) is 1.76. The van der Waals surface area contributed by atoms with E-state index in [0.717, 1.165) is 67.6 Å². The van der Waals surface area contributed by atoms with Gasteiger partial charge in [-0.1, -0.05) is 0 Å². The number of hydrogen-bond donors (Lipinski definition) is 6. The third kappa shape index (κ3) is 6.75. The molecule has 3 aromatic carbocycles. The Bertz CT molecular complexity index is 1290. The van der Waals surface area contributed by atoms with Gasteiger partial charge < -0.3 is 0 Å². The van der Waals surface area contributed by atoms with Gasteiger partial charge in [0.15, 0.2) is 0 Å². The molecule has 0 saturated heterocycles. The van der Waals surface area contributed by atoms with Gasteiger partial charge in [-0.15, -0.1) is 75.8 Å². The molecule has 0 bridgehead atoms. The highest BCUT2D eigenvalue weighted by Gasteiger charge is 2.21. The molecule has 11 heteroatoms. The summed E-state index contributed by atoms with van der Waals surface area (Å²) in [4.78, 5) is 5.02. The summed E-state index contributed by atoms with van der Waals surface area (Å²) in [5.74, 6) is -0.278. The fourth-order valence-electron chi connectivity index (χ4n) is 3.80. The minimum atomic E-state index is -0.278. The largest absolute Gasteiger partial charge is 0.205 e. The highest BCUT2D eigenvalue weighted by Crippen LogP contribution is 2.39. The van der Waals surface area contributed by atoms with E-state index in [1.54, 1.807) is 13.0 Å². The molecule has 0 unspecified atom stereocenters. The molecule has 0 atom stereocenters. The van der Waals surface area contributed by atoms with Crippen molar-refractivity contribution in [3.63, 3.8) is 0 Å². The average Bonchev–Trinajstić information content (AvgIpc) is 2.82. The summed E-state index contributed by atoms with van der Waals surface area (Å²) < 4.78 is 19.0. The van der Waals surface area contributed by atoms with Gasteiger partial charge in [-0.3, -0.25) is 0 Å². The molecule has 0 radical (unpaired) electrons. The van der Waals surface area contributed by atoms with Crippen LogP contribution < -0.4 is 0 Å². The lowest BCUT2D eigenvalue weighted by Gasteiger charge is -2.20. The van der Waals surface area contributed by atoms with E-state index in [4.69, 9.17) is 50.5 Å². The Morgan fingerprint density at radius 1 is 0.571 bits per heavy atom. The molecule has 0 N–H and O–H groups in total. The summed E-state index contributed by atoms with van der Waals surface area (Å²) in [6.07, 6.45) is 3.01. The summed E-state index contributed by atoms with van der Waals surface area (Å²) in [6.45, 7) is 3.79. The number of rotatable bonds is 6. The number of halogens is 5. The zero-order valence-corrected chi connectivity index (χ0v) is 32.5. The number of thiol groups is 6. The van der Waals surface area contributed by atoms with E-state index in [-0.39, 0.29) is 5.82 Å². The normalized spacial score (nSPS) is 11.5. The van der Waals surface area contributed by atoms with Gasteiger partial charge in [-0.2, -0.15) is 0 Å². The standard InChI is InChI=1S/C24H21FI4S6/c1-8-7-14(30)10(22(33)15(8)25)3-4-12-18(28)23(34)13(24(35)19(12)29)6-5-11-16(26)20(31)9(2)21(32)17(11)27/h7,30-35H,3-6H2,1-2H3. The van der Waals surface area contributed by atoms with Crippen LogP contribution in [0.5, 0.6) is 0 Å². The first-order valence-corrected chi connectivity index (χ1v) is 17.3. The van der Waals surface area contributed by atoms with Crippen molar-refractivity contribution in [2.24, 2.45) is 0 Å². The Labute approximate surface area is 294 Å². The summed E-state index contributed by atoms with van der Waals surface area (Å²) >= 11 is 37.8. The zero-order valence-electron chi connectivity index (χ0n) is 18.5. The second kappa shape index (κ2) is 13.5.